The van der Waals surface area contributed by atoms with Crippen molar-refractivity contribution in [2.45, 2.75) is 71.1 Å². The Kier molecular flexibility index (Phi) is 13.5. The monoisotopic (exact) mass is 742 g/mol. The van der Waals surface area contributed by atoms with Gasteiger partial charge in [-0.2, -0.15) is 0 Å². The van der Waals surface area contributed by atoms with Crippen molar-refractivity contribution in [3.8, 4) is 16.9 Å². The second-order valence-corrected chi connectivity index (χ2v) is 13.7. The minimum absolute atomic E-state index is 0.0286. The van der Waals surface area contributed by atoms with Crippen molar-refractivity contribution in [3.63, 3.8) is 0 Å². The summed E-state index contributed by atoms with van der Waals surface area (Å²) in [6.45, 7) is 11.4. The number of hydrogen-bond acceptors (Lipinski definition) is 9. The number of allylic oxidation sites excluding steroid dienone is 2. The number of aromatic nitrogens is 1. The van der Waals surface area contributed by atoms with E-state index in [2.05, 4.69) is 27.2 Å². The van der Waals surface area contributed by atoms with Gasteiger partial charge in [-0.15, -0.1) is 0 Å². The number of nitrogens with one attached hydrogen (secondary N) is 2. The number of amides is 3. The quantitative estimate of drug-likeness (QED) is 0.0486. The first-order valence-corrected chi connectivity index (χ1v) is 17.7. The van der Waals surface area contributed by atoms with Gasteiger partial charge in [-0.05, 0) is 95.3 Å². The lowest BCUT2D eigenvalue weighted by Gasteiger charge is -2.33. The highest BCUT2D eigenvalue weighted by molar-refractivity contribution is 6.04. The molecule has 0 spiro atoms. The second kappa shape index (κ2) is 17.8. The topological polar surface area (TPSA) is 249 Å². The van der Waals surface area contributed by atoms with Crippen LogP contribution in [0.15, 0.2) is 71.5 Å². The van der Waals surface area contributed by atoms with E-state index in [1.165, 1.54) is 25.7 Å². The molecular formula is C39H50N8O7. The number of hydrogen-bond donors (Lipinski definition) is 7. The SMILES string of the molecule is C=C(C)c1cnc2ccccc2c1-c1cc(C(=O)N[C@@H](CCCN=C(N)N)C(=O)N2CCC(C)(O)[C@H]2C(=O)NC(C(=O)O)=C(C)C)ccc1OCCCN. The van der Waals surface area contributed by atoms with Crippen LogP contribution in [0.2, 0.25) is 0 Å². The Hall–Kier alpha value is -5.80. The number of carboxylic acid groups (broad SMARTS) is 1. The van der Waals surface area contributed by atoms with Crippen molar-refractivity contribution >= 4 is 46.1 Å². The number of likely N-dealkylation sites (tertiary alicyclic amines) is 1. The number of ether oxygens (including phenoxy) is 1. The smallest absolute Gasteiger partial charge is 0.352 e. The van der Waals surface area contributed by atoms with Crippen molar-refractivity contribution in [1.29, 1.82) is 0 Å². The van der Waals surface area contributed by atoms with Crippen LogP contribution < -0.4 is 32.6 Å². The van der Waals surface area contributed by atoms with Gasteiger partial charge in [0.15, 0.2) is 5.96 Å². The van der Waals surface area contributed by atoms with Crippen LogP contribution in [-0.4, -0.2) is 93.7 Å². The lowest BCUT2D eigenvalue weighted by molar-refractivity contribution is -0.145. The number of nitrogens with zero attached hydrogens (tertiary/aromatic N) is 3. The molecule has 4 rings (SSSR count). The normalized spacial score (nSPS) is 17.0. The third-order valence-corrected chi connectivity index (χ3v) is 9.15. The molecule has 3 aromatic rings. The number of carbonyl (C=O) groups excluding carboxylic acids is 3. The van der Waals surface area contributed by atoms with Crippen LogP contribution in [-0.2, 0) is 14.4 Å². The fraction of sp³-hybridized carbons (Fsp3) is 0.385. The number of nitrogens with two attached hydrogens (primary N) is 3. The summed E-state index contributed by atoms with van der Waals surface area (Å²) in [4.78, 5) is 63.6. The summed E-state index contributed by atoms with van der Waals surface area (Å²) in [5.74, 6) is -3.11. The van der Waals surface area contributed by atoms with Crippen molar-refractivity contribution < 1.29 is 34.1 Å². The minimum Gasteiger partial charge on any atom is -0.493 e. The van der Waals surface area contributed by atoms with Gasteiger partial charge in [0, 0.05) is 46.9 Å². The maximum absolute atomic E-state index is 14.3. The molecule has 15 heteroatoms. The number of aliphatic carboxylic acids is 1. The average Bonchev–Trinajstić information content (AvgIpc) is 3.45. The van der Waals surface area contributed by atoms with Crippen LogP contribution in [0.3, 0.4) is 0 Å². The molecule has 10 N–H and O–H groups in total. The summed E-state index contributed by atoms with van der Waals surface area (Å²) in [6, 6.07) is 9.92. The predicted octanol–water partition coefficient (Wildman–Crippen LogP) is 2.66. The molecular weight excluding hydrogens is 692 g/mol. The number of aliphatic imine (C=N–C) groups is 1. The maximum Gasteiger partial charge on any atom is 0.352 e. The summed E-state index contributed by atoms with van der Waals surface area (Å²) >= 11 is 0. The first-order chi connectivity index (χ1) is 25.6. The van der Waals surface area contributed by atoms with Gasteiger partial charge in [-0.1, -0.05) is 24.8 Å². The van der Waals surface area contributed by atoms with Crippen molar-refractivity contribution in [2.75, 3.05) is 26.2 Å². The van der Waals surface area contributed by atoms with E-state index in [1.54, 1.807) is 24.4 Å². The van der Waals surface area contributed by atoms with Gasteiger partial charge in [0.2, 0.25) is 11.8 Å². The number of para-hydroxylation sites is 1. The highest BCUT2D eigenvalue weighted by Gasteiger charge is 2.50. The van der Waals surface area contributed by atoms with Gasteiger partial charge < -0.3 is 47.7 Å². The average molecular weight is 743 g/mol. The molecule has 1 aliphatic heterocycles. The largest absolute Gasteiger partial charge is 0.493 e. The van der Waals surface area contributed by atoms with Crippen molar-refractivity contribution in [3.05, 3.63) is 77.6 Å². The van der Waals surface area contributed by atoms with E-state index >= 15 is 0 Å². The van der Waals surface area contributed by atoms with Crippen LogP contribution in [0.5, 0.6) is 5.75 Å². The molecule has 1 unspecified atom stereocenters. The number of carboxylic acids is 1. The van der Waals surface area contributed by atoms with Gasteiger partial charge in [0.25, 0.3) is 5.91 Å². The number of fused-ring (bicyclic) bond motifs is 1. The van der Waals surface area contributed by atoms with Crippen LogP contribution in [0.1, 0.15) is 69.3 Å². The van der Waals surface area contributed by atoms with E-state index in [0.717, 1.165) is 27.6 Å². The summed E-state index contributed by atoms with van der Waals surface area (Å²) in [7, 11) is 0. The van der Waals surface area contributed by atoms with E-state index in [4.69, 9.17) is 21.9 Å². The second-order valence-electron chi connectivity index (χ2n) is 13.7. The Balaban J connectivity index is 1.75. The minimum atomic E-state index is -1.69. The molecule has 1 aliphatic rings. The standard InChI is InChI=1S/C39H50N8O7/c1-22(2)27-21-44-28-11-7-6-10-25(28)31(27)26-20-24(13-14-30(26)54-19-9-16-40)34(48)45-29(12-8-17-43-38(41)42)36(50)47-18-15-39(5,53)33(47)35(49)46-32(23(3)4)37(51)52/h6-7,10-11,13-14,20-21,29,33,53H,1,8-9,12,15-19,40H2,2-5H3,(H,45,48)(H,46,49)(H,51,52)(H4,41,42,43)/t29-,33+,39?/m0/s1. The molecule has 0 radical (unpaired) electrons. The fourth-order valence-electron chi connectivity index (χ4n) is 6.41. The molecule has 0 bridgehead atoms. The maximum atomic E-state index is 14.3. The van der Waals surface area contributed by atoms with Crippen LogP contribution in [0.4, 0.5) is 0 Å². The highest BCUT2D eigenvalue weighted by Crippen LogP contribution is 2.40. The molecule has 3 amide bonds. The third kappa shape index (κ3) is 9.59. The van der Waals surface area contributed by atoms with Crippen molar-refractivity contribution in [1.82, 2.24) is 20.5 Å². The molecule has 0 saturated carbocycles. The van der Waals surface area contributed by atoms with Crippen LogP contribution >= 0.6 is 0 Å². The number of guanidine groups is 1. The number of aliphatic hydroxyl groups is 1. The van der Waals surface area contributed by atoms with E-state index in [-0.39, 0.29) is 49.6 Å². The summed E-state index contributed by atoms with van der Waals surface area (Å²) < 4.78 is 6.18. The molecule has 0 aliphatic carbocycles. The first kappa shape index (κ1) is 41.0. The van der Waals surface area contributed by atoms with Crippen LogP contribution in [0.25, 0.3) is 27.6 Å². The Morgan fingerprint density at radius 3 is 2.50 bits per heavy atom. The molecule has 2 aromatic carbocycles. The van der Waals surface area contributed by atoms with E-state index < -0.39 is 41.4 Å². The molecule has 15 nitrogen and oxygen atoms in total. The van der Waals surface area contributed by atoms with Gasteiger partial charge in [-0.3, -0.25) is 24.4 Å². The lowest BCUT2D eigenvalue weighted by atomic mass is 9.91. The summed E-state index contributed by atoms with van der Waals surface area (Å²) in [6.07, 6.45) is 2.72. The first-order valence-electron chi connectivity index (χ1n) is 17.7. The number of rotatable bonds is 16. The molecule has 1 aromatic heterocycles. The Morgan fingerprint density at radius 2 is 1.85 bits per heavy atom. The predicted molar refractivity (Wildman–Crippen MR) is 207 cm³/mol. The number of pyridine rings is 1. The van der Waals surface area contributed by atoms with Gasteiger partial charge in [0.1, 0.15) is 23.5 Å². The van der Waals surface area contributed by atoms with Gasteiger partial charge in [0.05, 0.1) is 17.7 Å². The molecule has 54 heavy (non-hydrogen) atoms. The molecule has 288 valence electrons. The van der Waals surface area contributed by atoms with E-state index in [0.29, 0.717) is 36.5 Å². The Bertz CT molecular complexity index is 1980. The summed E-state index contributed by atoms with van der Waals surface area (Å²) in [5, 5.41) is 26.9. The zero-order valence-electron chi connectivity index (χ0n) is 31.1. The van der Waals surface area contributed by atoms with Crippen molar-refractivity contribution in [2.24, 2.45) is 22.2 Å². The van der Waals surface area contributed by atoms with E-state index in [9.17, 15) is 29.4 Å². The fourth-order valence-corrected chi connectivity index (χ4v) is 6.41. The van der Waals surface area contributed by atoms with Gasteiger partial charge in [-0.25, -0.2) is 4.79 Å². The van der Waals surface area contributed by atoms with E-state index in [1.807, 2.05) is 31.2 Å². The number of carbonyl (C=O) groups is 4. The zero-order chi connectivity index (χ0) is 39.7. The lowest BCUT2D eigenvalue weighted by Crippen LogP contribution is -2.58. The highest BCUT2D eigenvalue weighted by atomic mass is 16.5. The van der Waals surface area contributed by atoms with Crippen LogP contribution in [0, 0.1) is 0 Å². The Labute approximate surface area is 314 Å². The molecule has 3 atom stereocenters. The molecule has 2 heterocycles. The Morgan fingerprint density at radius 1 is 1.13 bits per heavy atom. The summed E-state index contributed by atoms with van der Waals surface area (Å²) in [5.41, 5.74) is 18.8. The number of benzene rings is 2. The third-order valence-electron chi connectivity index (χ3n) is 9.15. The molecule has 1 saturated heterocycles. The molecule has 1 fully saturated rings. The van der Waals surface area contributed by atoms with Gasteiger partial charge >= 0.3 is 5.97 Å². The zero-order valence-corrected chi connectivity index (χ0v) is 31.1.